The fraction of sp³-hybridized carbons (Fsp3) is 0.125. The Bertz CT molecular complexity index is 1230. The van der Waals surface area contributed by atoms with Gasteiger partial charge in [0.1, 0.15) is 17.3 Å². The van der Waals surface area contributed by atoms with Crippen molar-refractivity contribution in [1.82, 2.24) is 9.88 Å². The summed E-state index contributed by atoms with van der Waals surface area (Å²) < 4.78 is 5.20. The molecule has 0 radical (unpaired) electrons. The lowest BCUT2D eigenvalue weighted by atomic mass is 9.95. The Morgan fingerprint density at radius 2 is 1.97 bits per heavy atom. The number of Topliss-reactive ketones (excluding diaryl/α,β-unsaturated/α-hetero) is 1. The molecule has 1 atom stereocenters. The van der Waals surface area contributed by atoms with E-state index in [1.165, 1.54) is 36.3 Å². The van der Waals surface area contributed by atoms with Crippen molar-refractivity contribution in [2.75, 3.05) is 7.11 Å². The molecule has 3 aromatic rings. The minimum absolute atomic E-state index is 0.0334. The molecule has 4 rings (SSSR count). The fourth-order valence-corrected chi connectivity index (χ4v) is 3.94. The first kappa shape index (κ1) is 21.4. The number of benzene rings is 2. The number of phenolic OH excluding ortho intramolecular Hbond substituents is 1. The van der Waals surface area contributed by atoms with Crippen LogP contribution < -0.4 is 4.74 Å². The van der Waals surface area contributed by atoms with E-state index in [0.717, 1.165) is 0 Å². The van der Waals surface area contributed by atoms with Crippen LogP contribution in [0.3, 0.4) is 0 Å². The van der Waals surface area contributed by atoms with Crippen molar-refractivity contribution in [3.05, 3.63) is 94.3 Å². The van der Waals surface area contributed by atoms with E-state index in [0.29, 0.717) is 16.9 Å². The van der Waals surface area contributed by atoms with Crippen LogP contribution in [0.4, 0.5) is 0 Å². The zero-order valence-corrected chi connectivity index (χ0v) is 17.8. The van der Waals surface area contributed by atoms with Gasteiger partial charge in [-0.2, -0.15) is 0 Å². The van der Waals surface area contributed by atoms with E-state index in [2.05, 4.69) is 4.98 Å². The summed E-state index contributed by atoms with van der Waals surface area (Å²) in [5.74, 6) is -1.65. The van der Waals surface area contributed by atoms with E-state index in [4.69, 9.17) is 16.3 Å². The number of halogens is 1. The van der Waals surface area contributed by atoms with E-state index in [-0.39, 0.29) is 28.5 Å². The highest BCUT2D eigenvalue weighted by atomic mass is 35.5. The average molecular weight is 451 g/mol. The third kappa shape index (κ3) is 3.90. The number of aliphatic hydroxyl groups is 1. The van der Waals surface area contributed by atoms with Gasteiger partial charge >= 0.3 is 0 Å². The SMILES string of the molecule is COc1ccc(Cl)c(/C(O)=C2\C(=O)C(=O)N(Cc3cccnc3)C2c2cccc(O)c2)c1. The maximum Gasteiger partial charge on any atom is 0.295 e. The number of rotatable bonds is 5. The third-order valence-corrected chi connectivity index (χ3v) is 5.56. The highest BCUT2D eigenvalue weighted by Gasteiger charge is 2.46. The van der Waals surface area contributed by atoms with E-state index in [1.807, 2.05) is 0 Å². The van der Waals surface area contributed by atoms with Crippen LogP contribution in [0.2, 0.25) is 5.02 Å². The zero-order valence-electron chi connectivity index (χ0n) is 17.0. The molecule has 0 aliphatic carbocycles. The summed E-state index contributed by atoms with van der Waals surface area (Å²) in [6.07, 6.45) is 3.20. The van der Waals surface area contributed by atoms with Crippen molar-refractivity contribution in [3.63, 3.8) is 0 Å². The van der Waals surface area contributed by atoms with Crippen LogP contribution >= 0.6 is 11.6 Å². The Balaban J connectivity index is 1.91. The van der Waals surface area contributed by atoms with Gasteiger partial charge in [0, 0.05) is 24.5 Å². The second-order valence-corrected chi connectivity index (χ2v) is 7.64. The molecule has 1 unspecified atom stereocenters. The molecule has 1 aromatic heterocycles. The number of hydrogen-bond donors (Lipinski definition) is 2. The summed E-state index contributed by atoms with van der Waals surface area (Å²) in [6.45, 7) is 0.0847. The molecule has 32 heavy (non-hydrogen) atoms. The summed E-state index contributed by atoms with van der Waals surface area (Å²) in [7, 11) is 1.46. The van der Waals surface area contributed by atoms with Gasteiger partial charge in [0.05, 0.1) is 23.7 Å². The first-order valence-corrected chi connectivity index (χ1v) is 10.1. The molecule has 162 valence electrons. The van der Waals surface area contributed by atoms with Gasteiger partial charge in [-0.1, -0.05) is 29.8 Å². The average Bonchev–Trinajstić information content (AvgIpc) is 3.04. The molecule has 1 fully saturated rings. The number of pyridine rings is 1. The molecular formula is C24H19ClN2O5. The summed E-state index contributed by atoms with van der Waals surface area (Å²) in [5.41, 5.74) is 1.21. The van der Waals surface area contributed by atoms with Crippen LogP contribution in [0, 0.1) is 0 Å². The van der Waals surface area contributed by atoms with Crippen molar-refractivity contribution in [2.24, 2.45) is 0 Å². The van der Waals surface area contributed by atoms with Crippen LogP contribution in [0.25, 0.3) is 5.76 Å². The number of carbonyl (C=O) groups excluding carboxylic acids is 2. The van der Waals surface area contributed by atoms with Gasteiger partial charge in [-0.3, -0.25) is 14.6 Å². The van der Waals surface area contributed by atoms with Gasteiger partial charge < -0.3 is 19.8 Å². The van der Waals surface area contributed by atoms with Crippen LogP contribution in [0.15, 0.2) is 72.6 Å². The number of carbonyl (C=O) groups is 2. The van der Waals surface area contributed by atoms with E-state index in [9.17, 15) is 19.8 Å². The number of phenols is 1. The number of hydrogen-bond acceptors (Lipinski definition) is 6. The second-order valence-electron chi connectivity index (χ2n) is 7.23. The summed E-state index contributed by atoms with van der Waals surface area (Å²) in [5, 5.41) is 21.4. The quantitative estimate of drug-likeness (QED) is 0.345. The van der Waals surface area contributed by atoms with Crippen LogP contribution in [0.1, 0.15) is 22.7 Å². The van der Waals surface area contributed by atoms with Crippen molar-refractivity contribution < 1.29 is 24.5 Å². The molecule has 1 saturated heterocycles. The van der Waals surface area contributed by atoms with Gasteiger partial charge in [0.2, 0.25) is 0 Å². The number of methoxy groups -OCH3 is 1. The van der Waals surface area contributed by atoms with Gasteiger partial charge in [0.25, 0.3) is 11.7 Å². The molecule has 1 aliphatic heterocycles. The van der Waals surface area contributed by atoms with Crippen molar-refractivity contribution in [1.29, 1.82) is 0 Å². The van der Waals surface area contributed by atoms with Gasteiger partial charge in [0.15, 0.2) is 0 Å². The number of amides is 1. The number of nitrogens with zero attached hydrogens (tertiary/aromatic N) is 2. The zero-order chi connectivity index (χ0) is 22.8. The lowest BCUT2D eigenvalue weighted by Gasteiger charge is -2.25. The molecule has 1 aliphatic rings. The second kappa shape index (κ2) is 8.72. The van der Waals surface area contributed by atoms with Gasteiger partial charge in [-0.25, -0.2) is 0 Å². The van der Waals surface area contributed by atoms with E-state index >= 15 is 0 Å². The van der Waals surface area contributed by atoms with Crippen LogP contribution in [-0.4, -0.2) is 38.9 Å². The third-order valence-electron chi connectivity index (χ3n) is 5.23. The van der Waals surface area contributed by atoms with E-state index < -0.39 is 23.5 Å². The topological polar surface area (TPSA) is 100.0 Å². The standard InChI is InChI=1S/C24H19ClN2O5/c1-32-17-7-8-19(25)18(11-17)22(29)20-21(15-5-2-6-16(28)10-15)27(24(31)23(20)30)13-14-4-3-9-26-12-14/h2-12,21,28-29H,13H2,1H3/b22-20+. The molecule has 2 N–H and O–H groups in total. The van der Waals surface area contributed by atoms with Crippen molar-refractivity contribution in [3.8, 4) is 11.5 Å². The highest BCUT2D eigenvalue weighted by molar-refractivity contribution is 6.47. The van der Waals surface area contributed by atoms with E-state index in [1.54, 1.807) is 42.7 Å². The molecule has 0 bridgehead atoms. The molecule has 7 nitrogen and oxygen atoms in total. The Labute approximate surface area is 189 Å². The Hall–Kier alpha value is -3.84. The monoisotopic (exact) mass is 450 g/mol. The summed E-state index contributed by atoms with van der Waals surface area (Å²) in [4.78, 5) is 31.5. The first-order chi connectivity index (χ1) is 15.4. The highest BCUT2D eigenvalue weighted by Crippen LogP contribution is 2.42. The maximum absolute atomic E-state index is 13.1. The number of aliphatic hydroxyl groups excluding tert-OH is 1. The fourth-order valence-electron chi connectivity index (χ4n) is 3.73. The van der Waals surface area contributed by atoms with Crippen LogP contribution in [0.5, 0.6) is 11.5 Å². The molecule has 2 heterocycles. The largest absolute Gasteiger partial charge is 0.508 e. The van der Waals surface area contributed by atoms with Gasteiger partial charge in [-0.05, 0) is 47.5 Å². The lowest BCUT2D eigenvalue weighted by molar-refractivity contribution is -0.140. The van der Waals surface area contributed by atoms with Crippen LogP contribution in [-0.2, 0) is 16.1 Å². The van der Waals surface area contributed by atoms with Crippen molar-refractivity contribution >= 4 is 29.1 Å². The predicted molar refractivity (Wildman–Crippen MR) is 118 cm³/mol. The lowest BCUT2D eigenvalue weighted by Crippen LogP contribution is -2.29. The molecule has 2 aromatic carbocycles. The summed E-state index contributed by atoms with van der Waals surface area (Å²) in [6, 6.07) is 13.4. The van der Waals surface area contributed by atoms with Crippen molar-refractivity contribution in [2.45, 2.75) is 12.6 Å². The predicted octanol–water partition coefficient (Wildman–Crippen LogP) is 4.07. The Kier molecular flexibility index (Phi) is 5.83. The smallest absolute Gasteiger partial charge is 0.295 e. The first-order valence-electron chi connectivity index (χ1n) is 9.71. The number of ketones is 1. The Morgan fingerprint density at radius 3 is 2.66 bits per heavy atom. The molecule has 0 saturated carbocycles. The minimum atomic E-state index is -0.940. The summed E-state index contributed by atoms with van der Waals surface area (Å²) >= 11 is 6.29. The van der Waals surface area contributed by atoms with Gasteiger partial charge in [-0.15, -0.1) is 0 Å². The molecular weight excluding hydrogens is 432 g/mol. The molecule has 8 heteroatoms. The number of likely N-dealkylation sites (tertiary alicyclic amines) is 1. The number of aromatic hydroxyl groups is 1. The number of aromatic nitrogens is 1. The minimum Gasteiger partial charge on any atom is -0.508 e. The number of ether oxygens (including phenoxy) is 1. The normalized spacial score (nSPS) is 17.6. The Morgan fingerprint density at radius 1 is 1.16 bits per heavy atom. The molecule has 0 spiro atoms. The molecule has 1 amide bonds. The maximum atomic E-state index is 13.1.